The van der Waals surface area contributed by atoms with Crippen LogP contribution in [-0.4, -0.2) is 6.26 Å². The van der Waals surface area contributed by atoms with Crippen molar-refractivity contribution in [2.24, 2.45) is 0 Å². The Hall–Kier alpha value is -0.170. The quantitative estimate of drug-likeness (QED) is 0.476. The van der Waals surface area contributed by atoms with Crippen LogP contribution in [0.2, 0.25) is 0 Å². The highest BCUT2D eigenvalue weighted by atomic mass is 32.2. The van der Waals surface area contributed by atoms with Crippen molar-refractivity contribution in [3.63, 3.8) is 0 Å². The third-order valence-corrected chi connectivity index (χ3v) is 4.04. The van der Waals surface area contributed by atoms with Crippen molar-refractivity contribution in [3.05, 3.63) is 22.0 Å². The summed E-state index contributed by atoms with van der Waals surface area (Å²) in [4.78, 5) is 3.11. The molecule has 0 nitrogen and oxygen atoms in total. The summed E-state index contributed by atoms with van der Waals surface area (Å²) in [5.74, 6) is 0. The van der Waals surface area contributed by atoms with E-state index in [1.165, 1.54) is 0 Å². The molecule has 0 atom stereocenters. The van der Waals surface area contributed by atoms with Gasteiger partial charge in [-0.05, 0) is 29.9 Å². The summed E-state index contributed by atoms with van der Waals surface area (Å²) in [6, 6.07) is 0. The van der Waals surface area contributed by atoms with Gasteiger partial charge in [-0.2, -0.15) is 0 Å². The van der Waals surface area contributed by atoms with E-state index in [9.17, 15) is 0 Å². The van der Waals surface area contributed by atoms with Gasteiger partial charge >= 0.3 is 0 Å². The van der Waals surface area contributed by atoms with Gasteiger partial charge in [-0.25, -0.2) is 10.9 Å². The molecule has 0 fully saturated rings. The maximum Gasteiger partial charge on any atom is -0.0297 e. The molecule has 0 radical (unpaired) electrons. The first-order chi connectivity index (χ1) is 3.72. The van der Waals surface area contributed by atoms with Gasteiger partial charge in [-0.3, -0.25) is 0 Å². The molecule has 0 N–H and O–H groups in total. The van der Waals surface area contributed by atoms with Crippen molar-refractivity contribution >= 4 is 10.9 Å². The minimum Gasteiger partial charge on any atom is -0.211 e. The topological polar surface area (TPSA) is 0 Å². The number of rotatable bonds is 0. The molecule has 0 amide bonds. The Balaban J connectivity index is 2.75. The van der Waals surface area contributed by atoms with Crippen LogP contribution in [0.1, 0.15) is 13.8 Å². The van der Waals surface area contributed by atoms with Gasteiger partial charge in [0.25, 0.3) is 0 Å². The predicted octanol–water partition coefficient (Wildman–Crippen LogP) is 2.44. The normalized spacial score (nSPS) is 23.1. The Bertz CT molecular complexity index is 136. The standard InChI is InChI=1S/C7H12S/c1-6-4-5-7(2)8(6)3/h4-5,8H,1-3H3. The van der Waals surface area contributed by atoms with Gasteiger partial charge in [-0.15, -0.1) is 0 Å². The maximum absolute atomic E-state index is 2.31. The monoisotopic (exact) mass is 128 g/mol. The van der Waals surface area contributed by atoms with E-state index in [2.05, 4.69) is 32.3 Å². The lowest BCUT2D eigenvalue weighted by Crippen LogP contribution is -1.72. The van der Waals surface area contributed by atoms with Gasteiger partial charge in [0.1, 0.15) is 0 Å². The van der Waals surface area contributed by atoms with Gasteiger partial charge in [0.15, 0.2) is 0 Å². The highest BCUT2D eigenvalue weighted by Crippen LogP contribution is 2.43. The second-order valence-corrected chi connectivity index (χ2v) is 4.70. The molecule has 8 heavy (non-hydrogen) atoms. The highest BCUT2D eigenvalue weighted by molar-refractivity contribution is 8.23. The molecule has 1 rings (SSSR count). The maximum atomic E-state index is 2.31. The van der Waals surface area contributed by atoms with Crippen LogP contribution in [0.25, 0.3) is 0 Å². The lowest BCUT2D eigenvalue weighted by atomic mass is 10.5. The van der Waals surface area contributed by atoms with Crippen LogP contribution in [0.3, 0.4) is 0 Å². The van der Waals surface area contributed by atoms with Crippen molar-refractivity contribution in [3.8, 4) is 0 Å². The van der Waals surface area contributed by atoms with Gasteiger partial charge in [0, 0.05) is 0 Å². The number of allylic oxidation sites excluding steroid dienone is 4. The summed E-state index contributed by atoms with van der Waals surface area (Å²) in [5.41, 5.74) is 0. The molecule has 0 aromatic carbocycles. The van der Waals surface area contributed by atoms with Gasteiger partial charge < -0.3 is 0 Å². The van der Waals surface area contributed by atoms with E-state index in [0.29, 0.717) is 0 Å². The molecule has 0 bridgehead atoms. The Morgan fingerprint density at radius 3 is 1.62 bits per heavy atom. The molecule has 1 aliphatic rings. The molecule has 0 unspecified atom stereocenters. The molecule has 1 heterocycles. The average molecular weight is 128 g/mol. The van der Waals surface area contributed by atoms with E-state index in [1.54, 1.807) is 9.81 Å². The van der Waals surface area contributed by atoms with Gasteiger partial charge in [-0.1, -0.05) is 12.2 Å². The van der Waals surface area contributed by atoms with E-state index in [0.717, 1.165) is 0 Å². The molecule has 1 heteroatoms. The lowest BCUT2D eigenvalue weighted by Gasteiger charge is -2.10. The van der Waals surface area contributed by atoms with Crippen LogP contribution in [0.5, 0.6) is 0 Å². The summed E-state index contributed by atoms with van der Waals surface area (Å²) in [6.07, 6.45) is 6.75. The summed E-state index contributed by atoms with van der Waals surface area (Å²) < 4.78 is 0. The van der Waals surface area contributed by atoms with E-state index in [1.807, 2.05) is 0 Å². The minimum atomic E-state index is 0.135. The Kier molecular flexibility index (Phi) is 1.47. The zero-order valence-electron chi connectivity index (χ0n) is 5.60. The molecule has 1 aliphatic heterocycles. The summed E-state index contributed by atoms with van der Waals surface area (Å²) in [5, 5.41) is 0. The van der Waals surface area contributed by atoms with Crippen molar-refractivity contribution in [2.75, 3.05) is 6.26 Å². The first-order valence-electron chi connectivity index (χ1n) is 2.81. The third kappa shape index (κ3) is 0.826. The smallest absolute Gasteiger partial charge is 0.0297 e. The molecule has 0 aromatic heterocycles. The highest BCUT2D eigenvalue weighted by Gasteiger charge is 2.04. The summed E-state index contributed by atoms with van der Waals surface area (Å²) in [7, 11) is 0.135. The van der Waals surface area contributed by atoms with Gasteiger partial charge in [0.05, 0.1) is 0 Å². The first-order valence-corrected chi connectivity index (χ1v) is 4.59. The number of thiol groups is 1. The van der Waals surface area contributed by atoms with Crippen LogP contribution in [0, 0.1) is 0 Å². The van der Waals surface area contributed by atoms with Crippen molar-refractivity contribution in [2.45, 2.75) is 13.8 Å². The molecule has 0 saturated carbocycles. The Morgan fingerprint density at radius 1 is 1.12 bits per heavy atom. The van der Waals surface area contributed by atoms with E-state index in [4.69, 9.17) is 0 Å². The molecule has 0 aromatic rings. The van der Waals surface area contributed by atoms with Crippen LogP contribution >= 0.6 is 10.9 Å². The van der Waals surface area contributed by atoms with Crippen LogP contribution in [0.4, 0.5) is 0 Å². The number of hydrogen-bond acceptors (Lipinski definition) is 0. The van der Waals surface area contributed by atoms with Crippen LogP contribution in [-0.2, 0) is 0 Å². The fourth-order valence-corrected chi connectivity index (χ4v) is 1.90. The minimum absolute atomic E-state index is 0.135. The van der Waals surface area contributed by atoms with Crippen molar-refractivity contribution in [1.29, 1.82) is 0 Å². The zero-order valence-corrected chi connectivity index (χ0v) is 6.50. The summed E-state index contributed by atoms with van der Waals surface area (Å²) >= 11 is 0. The molecule has 0 saturated heterocycles. The molecule has 0 spiro atoms. The fourth-order valence-electron chi connectivity index (χ4n) is 0.743. The van der Waals surface area contributed by atoms with Crippen LogP contribution < -0.4 is 0 Å². The summed E-state index contributed by atoms with van der Waals surface area (Å²) in [6.45, 7) is 4.41. The first kappa shape index (κ1) is 5.96. The zero-order chi connectivity index (χ0) is 6.15. The Morgan fingerprint density at radius 2 is 1.50 bits per heavy atom. The SMILES string of the molecule is CC1=CC=C(C)[SH]1C. The fraction of sp³-hybridized carbons (Fsp3) is 0.429. The Labute approximate surface area is 53.6 Å². The van der Waals surface area contributed by atoms with Gasteiger partial charge in [0.2, 0.25) is 0 Å². The largest absolute Gasteiger partial charge is 0.211 e. The molecular formula is C7H12S. The van der Waals surface area contributed by atoms with E-state index in [-0.39, 0.29) is 10.9 Å². The van der Waals surface area contributed by atoms with Crippen molar-refractivity contribution in [1.82, 2.24) is 0 Å². The molecular weight excluding hydrogens is 116 g/mol. The second kappa shape index (κ2) is 1.98. The third-order valence-electron chi connectivity index (χ3n) is 1.62. The lowest BCUT2D eigenvalue weighted by molar-refractivity contribution is 1.69. The second-order valence-electron chi connectivity index (χ2n) is 2.18. The predicted molar refractivity (Wildman–Crippen MR) is 42.4 cm³/mol. The molecule has 0 aliphatic carbocycles. The molecule has 46 valence electrons. The van der Waals surface area contributed by atoms with Crippen molar-refractivity contribution < 1.29 is 0 Å². The number of hydrogen-bond donors (Lipinski definition) is 1. The average Bonchev–Trinajstić information content (AvgIpc) is 1.98. The van der Waals surface area contributed by atoms with E-state index >= 15 is 0 Å². The van der Waals surface area contributed by atoms with Crippen LogP contribution in [0.15, 0.2) is 22.0 Å². The van der Waals surface area contributed by atoms with E-state index < -0.39 is 0 Å².